The first-order chi connectivity index (χ1) is 17.0. The van der Waals surface area contributed by atoms with Crippen LogP contribution in [0.15, 0.2) is 30.9 Å². The lowest BCUT2D eigenvalue weighted by molar-refractivity contribution is -0.190. The number of fused-ring (bicyclic) bond motifs is 3. The number of hydrogen-bond acceptors (Lipinski definition) is 10. The Balaban J connectivity index is 1.66. The Kier molecular flexibility index (Phi) is 5.54. The van der Waals surface area contributed by atoms with Crippen molar-refractivity contribution in [2.75, 3.05) is 14.1 Å². The Morgan fingerprint density at radius 3 is 2.42 bits per heavy atom. The maximum Gasteiger partial charge on any atom is 0.230 e. The number of phenolic OH excluding ortho intramolecular Hbond substituents is 1. The highest BCUT2D eigenvalue weighted by atomic mass is 16.3. The van der Waals surface area contributed by atoms with Crippen molar-refractivity contribution in [3.05, 3.63) is 42.0 Å². The van der Waals surface area contributed by atoms with E-state index < -0.39 is 64.7 Å². The molecule has 0 bridgehead atoms. The molecule has 3 aliphatic rings. The monoisotopic (exact) mass is 494 g/mol. The number of carbonyl (C=O) groups excluding carboxylic acids is 4. The number of amides is 1. The van der Waals surface area contributed by atoms with Gasteiger partial charge in [0, 0.05) is 29.9 Å². The molecular weight excluding hydrogens is 468 g/mol. The third kappa shape index (κ3) is 3.16. The van der Waals surface area contributed by atoms with E-state index in [0.717, 1.165) is 0 Å². The molecule has 0 radical (unpaired) electrons. The molecule has 5 rings (SSSR count). The van der Waals surface area contributed by atoms with Crippen LogP contribution in [-0.4, -0.2) is 85.3 Å². The Bertz CT molecular complexity index is 1300. The smallest absolute Gasteiger partial charge is 0.230 e. The van der Waals surface area contributed by atoms with Gasteiger partial charge in [0.15, 0.2) is 23.0 Å². The molecule has 1 aromatic heterocycles. The van der Waals surface area contributed by atoms with Crippen LogP contribution in [0.5, 0.6) is 5.75 Å². The van der Waals surface area contributed by atoms with Gasteiger partial charge in [-0.1, -0.05) is 6.07 Å². The fourth-order valence-corrected chi connectivity index (χ4v) is 6.53. The average molecular weight is 495 g/mol. The number of phenols is 1. The van der Waals surface area contributed by atoms with Gasteiger partial charge < -0.3 is 26.0 Å². The molecule has 3 unspecified atom stereocenters. The first kappa shape index (κ1) is 24.2. The third-order valence-electron chi connectivity index (χ3n) is 8.05. The topological polar surface area (TPSA) is 184 Å². The number of nitrogens with zero attached hydrogens (tertiary/aromatic N) is 3. The van der Waals surface area contributed by atoms with Crippen molar-refractivity contribution in [1.29, 1.82) is 0 Å². The highest BCUT2D eigenvalue weighted by Crippen LogP contribution is 2.52. The molecule has 11 heteroatoms. The lowest BCUT2D eigenvalue weighted by Gasteiger charge is -2.54. The van der Waals surface area contributed by atoms with Crippen LogP contribution in [0.1, 0.15) is 22.3 Å². The van der Waals surface area contributed by atoms with Gasteiger partial charge >= 0.3 is 0 Å². The number of carbonyl (C=O) groups is 4. The molecule has 5 N–H and O–H groups in total. The highest BCUT2D eigenvalue weighted by Gasteiger charge is 2.69. The van der Waals surface area contributed by atoms with Crippen LogP contribution in [-0.2, 0) is 20.8 Å². The van der Waals surface area contributed by atoms with E-state index in [9.17, 15) is 34.5 Å². The molecule has 2 saturated carbocycles. The molecule has 7 atom stereocenters. The van der Waals surface area contributed by atoms with Gasteiger partial charge in [0.25, 0.3) is 0 Å². The van der Waals surface area contributed by atoms with Crippen LogP contribution in [0, 0.1) is 23.7 Å². The normalized spacial score (nSPS) is 33.6. The van der Waals surface area contributed by atoms with Gasteiger partial charge in [-0.3, -0.25) is 19.2 Å². The molecule has 11 nitrogen and oxygen atoms in total. The summed E-state index contributed by atoms with van der Waals surface area (Å²) in [6.45, 7) is 0. The molecule has 36 heavy (non-hydrogen) atoms. The summed E-state index contributed by atoms with van der Waals surface area (Å²) in [4.78, 5) is 62.5. The van der Waals surface area contributed by atoms with Crippen LogP contribution >= 0.6 is 0 Å². The zero-order chi connectivity index (χ0) is 26.1. The zero-order valence-corrected chi connectivity index (χ0v) is 19.7. The SMILES string of the molecule is CN(C)[C@H]1C(O)C(C(N)=O)C(=O)[C@]2(O)C(=O)C3C(=O)c4c(O)ccc(-c5cncnc5)c4C[C@@H]3C[C@H]12. The number of hydrogen-bond donors (Lipinski definition) is 4. The minimum absolute atomic E-state index is 0.0492. The second kappa shape index (κ2) is 8.26. The van der Waals surface area contributed by atoms with Gasteiger partial charge in [0.1, 0.15) is 18.0 Å². The van der Waals surface area contributed by atoms with Crippen LogP contribution < -0.4 is 5.73 Å². The Hall–Kier alpha value is -3.54. The molecule has 1 aromatic carbocycles. The summed E-state index contributed by atoms with van der Waals surface area (Å²) in [7, 11) is 3.21. The number of primary amides is 1. The quantitative estimate of drug-likeness (QED) is 0.391. The van der Waals surface area contributed by atoms with Crippen LogP contribution in [0.2, 0.25) is 0 Å². The van der Waals surface area contributed by atoms with Gasteiger partial charge in [-0.25, -0.2) is 9.97 Å². The van der Waals surface area contributed by atoms with Crippen molar-refractivity contribution in [2.24, 2.45) is 29.4 Å². The molecule has 0 aliphatic heterocycles. The number of Topliss-reactive ketones (excluding diaryl/α,β-unsaturated/α-hetero) is 3. The van der Waals surface area contributed by atoms with Crippen molar-refractivity contribution < 1.29 is 34.5 Å². The molecule has 188 valence electrons. The number of nitrogens with two attached hydrogens (primary N) is 1. The van der Waals surface area contributed by atoms with Crippen LogP contribution in [0.3, 0.4) is 0 Å². The number of ketones is 3. The number of aliphatic hydroxyl groups excluding tert-OH is 1. The van der Waals surface area contributed by atoms with Crippen LogP contribution in [0.25, 0.3) is 11.1 Å². The largest absolute Gasteiger partial charge is 0.507 e. The predicted octanol–water partition coefficient (Wildman–Crippen LogP) is -0.884. The summed E-state index contributed by atoms with van der Waals surface area (Å²) >= 11 is 0. The van der Waals surface area contributed by atoms with Crippen molar-refractivity contribution in [3.8, 4) is 16.9 Å². The predicted molar refractivity (Wildman–Crippen MR) is 123 cm³/mol. The van der Waals surface area contributed by atoms with E-state index in [0.29, 0.717) is 16.7 Å². The summed E-state index contributed by atoms with van der Waals surface area (Å²) in [6, 6.07) is 2.05. The minimum Gasteiger partial charge on any atom is -0.507 e. The second-order valence-corrected chi connectivity index (χ2v) is 10.1. The van der Waals surface area contributed by atoms with Crippen molar-refractivity contribution >= 4 is 23.3 Å². The maximum atomic E-state index is 13.8. The van der Waals surface area contributed by atoms with Gasteiger partial charge in [0.05, 0.1) is 17.6 Å². The number of aliphatic hydroxyl groups is 2. The first-order valence-corrected chi connectivity index (χ1v) is 11.6. The van der Waals surface area contributed by atoms with E-state index in [1.165, 1.54) is 12.4 Å². The van der Waals surface area contributed by atoms with Gasteiger partial charge in [-0.2, -0.15) is 0 Å². The summed E-state index contributed by atoms with van der Waals surface area (Å²) < 4.78 is 0. The summed E-state index contributed by atoms with van der Waals surface area (Å²) in [5.74, 6) is -9.28. The summed E-state index contributed by atoms with van der Waals surface area (Å²) in [5, 5.41) is 33.1. The molecule has 1 heterocycles. The van der Waals surface area contributed by atoms with E-state index in [4.69, 9.17) is 5.73 Å². The summed E-state index contributed by atoms with van der Waals surface area (Å²) in [6.07, 6.45) is 3.23. The fraction of sp³-hybridized carbons (Fsp3) is 0.440. The number of likely N-dealkylation sites (N-methyl/N-ethyl adjacent to an activating group) is 1. The van der Waals surface area contributed by atoms with Gasteiger partial charge in [-0.15, -0.1) is 0 Å². The molecule has 2 fully saturated rings. The fourth-order valence-electron chi connectivity index (χ4n) is 6.53. The van der Waals surface area contributed by atoms with E-state index in [1.807, 2.05) is 0 Å². The number of aromatic hydroxyl groups is 1. The number of rotatable bonds is 3. The standard InChI is InChI=1S/C25H26N4O7/c1-29(2)19-14-6-10-5-13-12(11-7-27-9-28-8-11)3-4-15(30)17(13)20(31)16(10)22(33)25(14,36)23(34)18(21(19)32)24(26)35/h3-4,7-10,14,16,18-19,21,30,32,36H,5-6H2,1-2H3,(H2,26,35)/t10-,14-,16?,18?,19-,21?,25-/m1/s1. The van der Waals surface area contributed by atoms with Crippen molar-refractivity contribution in [2.45, 2.75) is 30.6 Å². The van der Waals surface area contributed by atoms with E-state index in [1.54, 1.807) is 37.5 Å². The maximum absolute atomic E-state index is 13.8. The van der Waals surface area contributed by atoms with E-state index in [2.05, 4.69) is 9.97 Å². The Labute approximate surface area is 206 Å². The third-order valence-corrected chi connectivity index (χ3v) is 8.05. The van der Waals surface area contributed by atoms with Crippen molar-refractivity contribution in [3.63, 3.8) is 0 Å². The first-order valence-electron chi connectivity index (χ1n) is 11.6. The molecule has 0 saturated heterocycles. The molecule has 1 amide bonds. The van der Waals surface area contributed by atoms with E-state index >= 15 is 0 Å². The summed E-state index contributed by atoms with van der Waals surface area (Å²) in [5.41, 5.74) is 4.42. The van der Waals surface area contributed by atoms with Gasteiger partial charge in [-0.05, 0) is 50.0 Å². The van der Waals surface area contributed by atoms with Gasteiger partial charge in [0.2, 0.25) is 5.91 Å². The lowest BCUT2D eigenvalue weighted by Crippen LogP contribution is -2.75. The molecule has 0 spiro atoms. The van der Waals surface area contributed by atoms with Crippen LogP contribution in [0.4, 0.5) is 0 Å². The Morgan fingerprint density at radius 2 is 1.81 bits per heavy atom. The molecular formula is C25H26N4O7. The zero-order valence-electron chi connectivity index (χ0n) is 19.7. The molecule has 3 aliphatic carbocycles. The average Bonchev–Trinajstić information content (AvgIpc) is 2.81. The van der Waals surface area contributed by atoms with Crippen molar-refractivity contribution in [1.82, 2.24) is 14.9 Å². The second-order valence-electron chi connectivity index (χ2n) is 10.1. The lowest BCUT2D eigenvalue weighted by atomic mass is 9.52. The molecule has 2 aromatic rings. The number of aromatic nitrogens is 2. The number of benzene rings is 1. The van der Waals surface area contributed by atoms with E-state index in [-0.39, 0.29) is 24.2 Å². The highest BCUT2D eigenvalue weighted by molar-refractivity contribution is 6.25. The minimum atomic E-state index is -2.68. The Morgan fingerprint density at radius 1 is 1.14 bits per heavy atom.